The van der Waals surface area contributed by atoms with Gasteiger partial charge in [-0.1, -0.05) is 30.3 Å². The van der Waals surface area contributed by atoms with Gasteiger partial charge in [0.15, 0.2) is 5.82 Å². The molecule has 1 heterocycles. The molecule has 0 spiro atoms. The van der Waals surface area contributed by atoms with Crippen LogP contribution in [0, 0.1) is 0 Å². The predicted octanol–water partition coefficient (Wildman–Crippen LogP) is 3.47. The lowest BCUT2D eigenvalue weighted by Crippen LogP contribution is -2.15. The predicted molar refractivity (Wildman–Crippen MR) is 112 cm³/mol. The molecule has 0 unspecified atom stereocenters. The molecule has 9 heteroatoms. The standard InChI is InChI=1S/C19H22N6O2S/c1-13(2)20-18-22-17(15-11-7-8-12-16(15)25-28(3,26)27)23-19(24-18)21-14-9-5-4-6-10-14/h4-13,25H,1-3H3,(H2,20,21,22,23,24). The number of benzene rings is 2. The Kier molecular flexibility index (Phi) is 5.74. The highest BCUT2D eigenvalue weighted by molar-refractivity contribution is 7.92. The van der Waals surface area contributed by atoms with Gasteiger partial charge in [0.2, 0.25) is 21.9 Å². The molecule has 0 bridgehead atoms. The van der Waals surface area contributed by atoms with Gasteiger partial charge < -0.3 is 10.6 Å². The van der Waals surface area contributed by atoms with Crippen LogP contribution in [0.2, 0.25) is 0 Å². The van der Waals surface area contributed by atoms with Crippen molar-refractivity contribution >= 4 is 33.3 Å². The molecule has 0 aliphatic heterocycles. The van der Waals surface area contributed by atoms with Gasteiger partial charge in [0, 0.05) is 17.3 Å². The van der Waals surface area contributed by atoms with Gasteiger partial charge in [0.05, 0.1) is 11.9 Å². The van der Waals surface area contributed by atoms with Gasteiger partial charge in [0.1, 0.15) is 0 Å². The van der Waals surface area contributed by atoms with Crippen molar-refractivity contribution in [3.8, 4) is 11.4 Å². The largest absolute Gasteiger partial charge is 0.352 e. The van der Waals surface area contributed by atoms with E-state index in [0.717, 1.165) is 11.9 Å². The van der Waals surface area contributed by atoms with Gasteiger partial charge >= 0.3 is 0 Å². The lowest BCUT2D eigenvalue weighted by molar-refractivity contribution is 0.607. The van der Waals surface area contributed by atoms with Crippen molar-refractivity contribution in [2.45, 2.75) is 19.9 Å². The highest BCUT2D eigenvalue weighted by Gasteiger charge is 2.15. The Morgan fingerprint density at radius 2 is 1.50 bits per heavy atom. The number of hydrogen-bond donors (Lipinski definition) is 3. The van der Waals surface area contributed by atoms with Crippen LogP contribution in [0.25, 0.3) is 11.4 Å². The number of sulfonamides is 1. The second-order valence-electron chi connectivity index (χ2n) is 6.52. The number of rotatable bonds is 7. The third kappa shape index (κ3) is 5.40. The molecule has 3 rings (SSSR count). The lowest BCUT2D eigenvalue weighted by Gasteiger charge is -2.14. The van der Waals surface area contributed by atoms with Crippen molar-refractivity contribution in [1.29, 1.82) is 0 Å². The number of nitrogens with zero attached hydrogens (tertiary/aromatic N) is 3. The average molecular weight is 398 g/mol. The summed E-state index contributed by atoms with van der Waals surface area (Å²) >= 11 is 0. The van der Waals surface area contributed by atoms with Gasteiger partial charge in [-0.25, -0.2) is 8.42 Å². The van der Waals surface area contributed by atoms with E-state index in [-0.39, 0.29) is 6.04 Å². The highest BCUT2D eigenvalue weighted by atomic mass is 32.2. The molecule has 28 heavy (non-hydrogen) atoms. The van der Waals surface area contributed by atoms with E-state index in [1.807, 2.05) is 44.2 Å². The molecule has 3 N–H and O–H groups in total. The molecular weight excluding hydrogens is 376 g/mol. The van der Waals surface area contributed by atoms with Crippen molar-refractivity contribution in [1.82, 2.24) is 15.0 Å². The summed E-state index contributed by atoms with van der Waals surface area (Å²) in [6.07, 6.45) is 1.10. The Morgan fingerprint density at radius 1 is 0.857 bits per heavy atom. The normalized spacial score (nSPS) is 11.3. The molecule has 0 atom stereocenters. The van der Waals surface area contributed by atoms with Gasteiger partial charge in [0.25, 0.3) is 0 Å². The van der Waals surface area contributed by atoms with Crippen molar-refractivity contribution in [3.63, 3.8) is 0 Å². The molecule has 2 aromatic carbocycles. The van der Waals surface area contributed by atoms with Crippen LogP contribution < -0.4 is 15.4 Å². The van der Waals surface area contributed by atoms with E-state index >= 15 is 0 Å². The van der Waals surface area contributed by atoms with Crippen molar-refractivity contribution in [2.24, 2.45) is 0 Å². The van der Waals surface area contributed by atoms with Crippen molar-refractivity contribution in [2.75, 3.05) is 21.6 Å². The third-order valence-corrected chi connectivity index (χ3v) is 4.14. The van der Waals surface area contributed by atoms with E-state index in [2.05, 4.69) is 30.3 Å². The monoisotopic (exact) mass is 398 g/mol. The van der Waals surface area contributed by atoms with Gasteiger partial charge in [-0.3, -0.25) is 4.72 Å². The minimum atomic E-state index is -3.45. The Labute approximate surface area is 164 Å². The van der Waals surface area contributed by atoms with E-state index in [1.165, 1.54) is 0 Å². The Bertz CT molecular complexity index is 1060. The fraction of sp³-hybridized carbons (Fsp3) is 0.211. The molecule has 146 valence electrons. The van der Waals surface area contributed by atoms with Gasteiger partial charge in [-0.05, 0) is 38.1 Å². The van der Waals surface area contributed by atoms with Crippen molar-refractivity contribution < 1.29 is 8.42 Å². The van der Waals surface area contributed by atoms with E-state index in [4.69, 9.17) is 0 Å². The van der Waals surface area contributed by atoms with Crippen LogP contribution >= 0.6 is 0 Å². The van der Waals surface area contributed by atoms with Gasteiger partial charge in [-0.15, -0.1) is 0 Å². The minimum Gasteiger partial charge on any atom is -0.352 e. The maximum Gasteiger partial charge on any atom is 0.232 e. The summed E-state index contributed by atoms with van der Waals surface area (Å²) in [6.45, 7) is 3.96. The summed E-state index contributed by atoms with van der Waals surface area (Å²) in [6, 6.07) is 16.6. The maximum absolute atomic E-state index is 11.7. The molecule has 0 saturated carbocycles. The van der Waals surface area contributed by atoms with E-state index in [1.54, 1.807) is 24.3 Å². The molecular formula is C19H22N6O2S. The minimum absolute atomic E-state index is 0.115. The summed E-state index contributed by atoms with van der Waals surface area (Å²) < 4.78 is 25.9. The summed E-state index contributed by atoms with van der Waals surface area (Å²) in [5.41, 5.74) is 1.79. The average Bonchev–Trinajstić information content (AvgIpc) is 2.61. The van der Waals surface area contributed by atoms with Gasteiger partial charge in [-0.2, -0.15) is 15.0 Å². The lowest BCUT2D eigenvalue weighted by atomic mass is 10.2. The molecule has 1 aromatic heterocycles. The zero-order valence-corrected chi connectivity index (χ0v) is 16.7. The van der Waals surface area contributed by atoms with Crippen LogP contribution in [0.4, 0.5) is 23.3 Å². The van der Waals surface area contributed by atoms with Crippen LogP contribution in [0.5, 0.6) is 0 Å². The molecule has 0 aliphatic rings. The smallest absolute Gasteiger partial charge is 0.232 e. The maximum atomic E-state index is 11.7. The van der Waals surface area contributed by atoms with Crippen LogP contribution in [-0.4, -0.2) is 35.7 Å². The number of aromatic nitrogens is 3. The number of nitrogens with one attached hydrogen (secondary N) is 3. The molecule has 0 saturated heterocycles. The second kappa shape index (κ2) is 8.22. The molecule has 0 radical (unpaired) electrons. The van der Waals surface area contributed by atoms with E-state index in [0.29, 0.717) is 29.0 Å². The Balaban J connectivity index is 2.06. The summed E-state index contributed by atoms with van der Waals surface area (Å²) in [7, 11) is -3.45. The third-order valence-electron chi connectivity index (χ3n) is 3.55. The topological polar surface area (TPSA) is 109 Å². The van der Waals surface area contributed by atoms with Crippen LogP contribution in [0.15, 0.2) is 54.6 Å². The van der Waals surface area contributed by atoms with Crippen LogP contribution in [0.1, 0.15) is 13.8 Å². The molecule has 8 nitrogen and oxygen atoms in total. The zero-order valence-electron chi connectivity index (χ0n) is 15.8. The molecule has 0 amide bonds. The van der Waals surface area contributed by atoms with Crippen LogP contribution in [-0.2, 0) is 10.0 Å². The van der Waals surface area contributed by atoms with Crippen LogP contribution in [0.3, 0.4) is 0 Å². The quantitative estimate of drug-likeness (QED) is 0.559. The van der Waals surface area contributed by atoms with E-state index in [9.17, 15) is 8.42 Å². The first-order valence-electron chi connectivity index (χ1n) is 8.72. The molecule has 0 fully saturated rings. The summed E-state index contributed by atoms with van der Waals surface area (Å²) in [5, 5.41) is 6.32. The molecule has 3 aromatic rings. The Morgan fingerprint density at radius 3 is 2.18 bits per heavy atom. The van der Waals surface area contributed by atoms with Crippen molar-refractivity contribution in [3.05, 3.63) is 54.6 Å². The summed E-state index contributed by atoms with van der Waals surface area (Å²) in [4.78, 5) is 13.4. The highest BCUT2D eigenvalue weighted by Crippen LogP contribution is 2.27. The SMILES string of the molecule is CC(C)Nc1nc(Nc2ccccc2)nc(-c2ccccc2NS(C)(=O)=O)n1. The number of hydrogen-bond acceptors (Lipinski definition) is 7. The van der Waals surface area contributed by atoms with E-state index < -0.39 is 10.0 Å². The fourth-order valence-electron chi connectivity index (χ4n) is 2.49. The summed E-state index contributed by atoms with van der Waals surface area (Å²) in [5.74, 6) is 1.10. The zero-order chi connectivity index (χ0) is 20.1. The second-order valence-corrected chi connectivity index (χ2v) is 8.26. The number of anilines is 4. The Hall–Kier alpha value is -3.20. The first-order chi connectivity index (χ1) is 13.3. The number of para-hydroxylation sites is 2. The molecule has 0 aliphatic carbocycles. The first kappa shape index (κ1) is 19.6. The fourth-order valence-corrected chi connectivity index (χ4v) is 3.07. The first-order valence-corrected chi connectivity index (χ1v) is 10.6.